The number of hydrogen-bond donors (Lipinski definition) is 1. The van der Waals surface area contributed by atoms with Gasteiger partial charge in [-0.15, -0.1) is 0 Å². The summed E-state index contributed by atoms with van der Waals surface area (Å²) >= 11 is 0. The molecule has 1 N–H and O–H groups in total. The van der Waals surface area contributed by atoms with Crippen molar-refractivity contribution in [1.82, 2.24) is 10.2 Å². The van der Waals surface area contributed by atoms with E-state index in [0.29, 0.717) is 26.2 Å². The molecular formula is C9H16F2N2O2. The van der Waals surface area contributed by atoms with Gasteiger partial charge >= 0.3 is 12.0 Å². The second kappa shape index (κ2) is 4.85. The predicted molar refractivity (Wildman–Crippen MR) is 50.6 cm³/mol. The van der Waals surface area contributed by atoms with Crippen molar-refractivity contribution in [3.63, 3.8) is 0 Å². The van der Waals surface area contributed by atoms with Crippen LogP contribution in [0.2, 0.25) is 0 Å². The molecule has 1 aliphatic rings. The molecule has 0 saturated carbocycles. The average molecular weight is 222 g/mol. The Kier molecular flexibility index (Phi) is 3.98. The van der Waals surface area contributed by atoms with Gasteiger partial charge in [0, 0.05) is 26.2 Å². The minimum Gasteiger partial charge on any atom is -0.333 e. The minimum absolute atomic E-state index is 0.301. The Morgan fingerprint density at radius 3 is 2.40 bits per heavy atom. The highest BCUT2D eigenvalue weighted by atomic mass is 19.3. The van der Waals surface area contributed by atoms with Crippen molar-refractivity contribution in [2.24, 2.45) is 0 Å². The fourth-order valence-corrected chi connectivity index (χ4v) is 1.40. The van der Waals surface area contributed by atoms with Gasteiger partial charge in [-0.2, -0.15) is 8.78 Å². The molecule has 1 aliphatic heterocycles. The van der Waals surface area contributed by atoms with Crippen LogP contribution >= 0.6 is 0 Å². The summed E-state index contributed by atoms with van der Waals surface area (Å²) in [7, 11) is 0. The fraction of sp³-hybridized carbons (Fsp3) is 0.889. The van der Waals surface area contributed by atoms with E-state index in [-0.39, 0.29) is 0 Å². The van der Waals surface area contributed by atoms with Crippen LogP contribution in [-0.4, -0.2) is 49.2 Å². The first-order valence-electron chi connectivity index (χ1n) is 4.99. The molecule has 0 aromatic carbocycles. The maximum absolute atomic E-state index is 13.2. The first kappa shape index (κ1) is 12.3. The Morgan fingerprint density at radius 1 is 1.40 bits per heavy atom. The quantitative estimate of drug-likeness (QED) is 0.753. The van der Waals surface area contributed by atoms with Crippen LogP contribution in [0, 0.1) is 0 Å². The van der Waals surface area contributed by atoms with Gasteiger partial charge in [-0.05, 0) is 13.8 Å². The van der Waals surface area contributed by atoms with Crippen molar-refractivity contribution in [2.75, 3.05) is 26.2 Å². The first-order chi connectivity index (χ1) is 6.93. The van der Waals surface area contributed by atoms with Crippen molar-refractivity contribution in [1.29, 1.82) is 0 Å². The zero-order valence-corrected chi connectivity index (χ0v) is 8.93. The molecule has 15 heavy (non-hydrogen) atoms. The number of halogens is 2. The Balaban J connectivity index is 2.56. The van der Waals surface area contributed by atoms with Gasteiger partial charge in [-0.1, -0.05) is 0 Å². The largest absolute Gasteiger partial charge is 0.436 e. The number of rotatable bonds is 3. The summed E-state index contributed by atoms with van der Waals surface area (Å²) in [5.74, 6) is -1.24. The van der Waals surface area contributed by atoms with Crippen molar-refractivity contribution in [3.8, 4) is 0 Å². The Morgan fingerprint density at radius 2 is 1.93 bits per heavy atom. The Hall–Kier alpha value is -0.750. The highest BCUT2D eigenvalue weighted by Crippen LogP contribution is 2.21. The van der Waals surface area contributed by atoms with Crippen molar-refractivity contribution < 1.29 is 18.3 Å². The second-order valence-corrected chi connectivity index (χ2v) is 3.73. The molecule has 6 heteroatoms. The molecule has 1 rings (SSSR count). The van der Waals surface area contributed by atoms with Crippen LogP contribution in [-0.2, 0) is 9.53 Å². The van der Waals surface area contributed by atoms with E-state index in [1.165, 1.54) is 13.8 Å². The molecule has 1 fully saturated rings. The molecule has 1 heterocycles. The zero-order chi connectivity index (χ0) is 11.5. The summed E-state index contributed by atoms with van der Waals surface area (Å²) in [6, 6.07) is 0. The molecule has 0 spiro atoms. The number of hydrogen-bond acceptors (Lipinski definition) is 3. The lowest BCUT2D eigenvalue weighted by Gasteiger charge is -2.30. The highest BCUT2D eigenvalue weighted by molar-refractivity contribution is 5.82. The van der Waals surface area contributed by atoms with Gasteiger partial charge in [0.1, 0.15) is 0 Å². The van der Waals surface area contributed by atoms with Crippen LogP contribution in [0.5, 0.6) is 0 Å². The van der Waals surface area contributed by atoms with E-state index >= 15 is 0 Å². The third-order valence-corrected chi connectivity index (χ3v) is 2.04. The van der Waals surface area contributed by atoms with Gasteiger partial charge in [-0.25, -0.2) is 0 Å². The van der Waals surface area contributed by atoms with Crippen molar-refractivity contribution in [2.45, 2.75) is 26.1 Å². The third-order valence-electron chi connectivity index (χ3n) is 2.04. The molecule has 88 valence electrons. The van der Waals surface area contributed by atoms with E-state index in [1.807, 2.05) is 0 Å². The molecule has 0 bridgehead atoms. The van der Waals surface area contributed by atoms with Crippen molar-refractivity contribution >= 4 is 5.91 Å². The molecule has 0 unspecified atom stereocenters. The lowest BCUT2D eigenvalue weighted by molar-refractivity contribution is -0.252. The molecule has 0 aliphatic carbocycles. The standard InChI is InChI=1S/C9H16F2N2O2/c1-7(2)15-9(10,11)8(14)13-5-3-12-4-6-13/h7,12H,3-6H2,1-2H3. The van der Waals surface area contributed by atoms with Gasteiger partial charge in [0.2, 0.25) is 0 Å². The summed E-state index contributed by atoms with van der Waals surface area (Å²) in [6.45, 7) is 4.64. The molecular weight excluding hydrogens is 206 g/mol. The van der Waals surface area contributed by atoms with Crippen LogP contribution in [0.1, 0.15) is 13.8 Å². The van der Waals surface area contributed by atoms with E-state index in [0.717, 1.165) is 4.90 Å². The molecule has 0 aromatic heterocycles. The third kappa shape index (κ3) is 3.39. The van der Waals surface area contributed by atoms with E-state index < -0.39 is 18.1 Å². The van der Waals surface area contributed by atoms with Crippen LogP contribution in [0.4, 0.5) is 8.78 Å². The minimum atomic E-state index is -3.70. The molecule has 0 atom stereocenters. The fourth-order valence-electron chi connectivity index (χ4n) is 1.40. The maximum atomic E-state index is 13.2. The smallest absolute Gasteiger partial charge is 0.333 e. The highest BCUT2D eigenvalue weighted by Gasteiger charge is 2.44. The summed E-state index contributed by atoms with van der Waals surface area (Å²) in [5, 5.41) is 2.98. The Bertz CT molecular complexity index is 228. The molecule has 1 saturated heterocycles. The molecule has 4 nitrogen and oxygen atoms in total. The topological polar surface area (TPSA) is 41.6 Å². The number of nitrogens with one attached hydrogen (secondary N) is 1. The normalized spacial score (nSPS) is 18.3. The Labute approximate surface area is 87.6 Å². The maximum Gasteiger partial charge on any atom is 0.436 e. The van der Waals surface area contributed by atoms with E-state index in [1.54, 1.807) is 0 Å². The lowest BCUT2D eigenvalue weighted by Crippen LogP contribution is -2.53. The molecule has 1 amide bonds. The second-order valence-electron chi connectivity index (χ2n) is 3.73. The average Bonchev–Trinajstić information content (AvgIpc) is 2.16. The van der Waals surface area contributed by atoms with Crippen LogP contribution in [0.3, 0.4) is 0 Å². The number of piperazine rings is 1. The molecule has 0 radical (unpaired) electrons. The van der Waals surface area contributed by atoms with Crippen LogP contribution in [0.25, 0.3) is 0 Å². The molecule has 0 aromatic rings. The summed E-state index contributed by atoms with van der Waals surface area (Å²) in [4.78, 5) is 12.5. The summed E-state index contributed by atoms with van der Waals surface area (Å²) < 4.78 is 30.7. The number of carbonyl (C=O) groups excluding carboxylic acids is 1. The number of alkyl halides is 2. The van der Waals surface area contributed by atoms with Gasteiger partial charge in [-0.3, -0.25) is 4.79 Å². The van der Waals surface area contributed by atoms with E-state index in [2.05, 4.69) is 10.1 Å². The van der Waals surface area contributed by atoms with Gasteiger partial charge in [0.05, 0.1) is 6.10 Å². The monoisotopic (exact) mass is 222 g/mol. The number of ether oxygens (including phenoxy) is 1. The first-order valence-corrected chi connectivity index (χ1v) is 4.99. The predicted octanol–water partition coefficient (Wildman–Crippen LogP) is 0.436. The van der Waals surface area contributed by atoms with Crippen LogP contribution < -0.4 is 5.32 Å². The number of carbonyl (C=O) groups is 1. The zero-order valence-electron chi connectivity index (χ0n) is 8.93. The van der Waals surface area contributed by atoms with Gasteiger partial charge in [0.15, 0.2) is 0 Å². The van der Waals surface area contributed by atoms with E-state index in [4.69, 9.17) is 0 Å². The lowest BCUT2D eigenvalue weighted by atomic mass is 10.3. The number of amides is 1. The SMILES string of the molecule is CC(C)OC(F)(F)C(=O)N1CCNCC1. The van der Waals surface area contributed by atoms with Crippen molar-refractivity contribution in [3.05, 3.63) is 0 Å². The van der Waals surface area contributed by atoms with Gasteiger partial charge < -0.3 is 15.0 Å². The number of nitrogens with zero attached hydrogens (tertiary/aromatic N) is 1. The summed E-state index contributed by atoms with van der Waals surface area (Å²) in [5.41, 5.74) is 0. The van der Waals surface area contributed by atoms with Crippen LogP contribution in [0.15, 0.2) is 0 Å². The van der Waals surface area contributed by atoms with Gasteiger partial charge in [0.25, 0.3) is 0 Å². The summed E-state index contributed by atoms with van der Waals surface area (Å²) in [6.07, 6.45) is -4.38. The van der Waals surface area contributed by atoms with E-state index in [9.17, 15) is 13.6 Å².